The van der Waals surface area contributed by atoms with Crippen molar-refractivity contribution in [2.45, 2.75) is 63.3 Å². The minimum absolute atomic E-state index is 0.0335. The zero-order valence-corrected chi connectivity index (χ0v) is 11.7. The average Bonchev–Trinajstić information content (AvgIpc) is 2.60. The minimum Gasteiger partial charge on any atom is -0.384 e. The van der Waals surface area contributed by atoms with Crippen LogP contribution in [0.1, 0.15) is 33.6 Å². The summed E-state index contributed by atoms with van der Waals surface area (Å²) in [4.78, 5) is 11.3. The van der Waals surface area contributed by atoms with Gasteiger partial charge in [0.2, 0.25) is 0 Å². The SMILES string of the molecule is C=CC[C@@]1(O)CO[C@@H](CC(C)=O)[C@@H]2OC(C)(C)O[C@@H]21. The standard InChI is InChI=1S/C14H22O5/c1-5-6-14(16)8-17-10(7-9(2)15)11-12(14)19-13(3,4)18-11/h5,10-12,16H,1,6-8H2,2-4H3/t10-,11-,12-,14+/m0/s1. The van der Waals surface area contributed by atoms with Gasteiger partial charge in [-0.25, -0.2) is 0 Å². The lowest BCUT2D eigenvalue weighted by molar-refractivity contribution is -0.200. The van der Waals surface area contributed by atoms with Gasteiger partial charge in [-0.15, -0.1) is 6.58 Å². The van der Waals surface area contributed by atoms with Gasteiger partial charge < -0.3 is 19.3 Å². The van der Waals surface area contributed by atoms with Gasteiger partial charge in [0, 0.05) is 6.42 Å². The smallest absolute Gasteiger partial charge is 0.164 e. The Morgan fingerprint density at radius 1 is 1.47 bits per heavy atom. The molecule has 0 saturated carbocycles. The maximum absolute atomic E-state index is 11.3. The van der Waals surface area contributed by atoms with Crippen molar-refractivity contribution in [3.63, 3.8) is 0 Å². The van der Waals surface area contributed by atoms with E-state index >= 15 is 0 Å². The Hall–Kier alpha value is -0.750. The number of fused-ring (bicyclic) bond motifs is 1. The van der Waals surface area contributed by atoms with E-state index in [1.54, 1.807) is 19.9 Å². The highest BCUT2D eigenvalue weighted by Crippen LogP contribution is 2.41. The number of ketones is 1. The van der Waals surface area contributed by atoms with Crippen molar-refractivity contribution < 1.29 is 24.1 Å². The van der Waals surface area contributed by atoms with Gasteiger partial charge in [-0.1, -0.05) is 6.08 Å². The van der Waals surface area contributed by atoms with Gasteiger partial charge in [0.1, 0.15) is 23.6 Å². The summed E-state index contributed by atoms with van der Waals surface area (Å²) in [5.74, 6) is -0.751. The van der Waals surface area contributed by atoms with E-state index in [0.717, 1.165) is 0 Å². The van der Waals surface area contributed by atoms with Crippen molar-refractivity contribution >= 4 is 5.78 Å². The third kappa shape index (κ3) is 2.89. The topological polar surface area (TPSA) is 65.0 Å². The molecule has 0 aromatic heterocycles. The van der Waals surface area contributed by atoms with E-state index in [-0.39, 0.29) is 24.9 Å². The molecule has 2 saturated heterocycles. The number of ether oxygens (including phenoxy) is 3. The van der Waals surface area contributed by atoms with E-state index in [2.05, 4.69) is 6.58 Å². The lowest BCUT2D eigenvalue weighted by Gasteiger charge is -2.42. The molecule has 4 atom stereocenters. The molecular formula is C14H22O5. The number of carbonyl (C=O) groups is 1. The summed E-state index contributed by atoms with van der Waals surface area (Å²) in [6.45, 7) is 8.88. The number of carbonyl (C=O) groups excluding carboxylic acids is 1. The fraction of sp³-hybridized carbons (Fsp3) is 0.786. The van der Waals surface area contributed by atoms with Crippen LogP contribution in [0.4, 0.5) is 0 Å². The van der Waals surface area contributed by atoms with Crippen molar-refractivity contribution in [1.29, 1.82) is 0 Å². The Kier molecular flexibility index (Phi) is 3.84. The first-order valence-electron chi connectivity index (χ1n) is 6.57. The summed E-state index contributed by atoms with van der Waals surface area (Å²) < 4.78 is 17.3. The second-order valence-electron chi connectivity index (χ2n) is 5.87. The van der Waals surface area contributed by atoms with Crippen LogP contribution in [0.2, 0.25) is 0 Å². The van der Waals surface area contributed by atoms with Gasteiger partial charge in [-0.05, 0) is 27.2 Å². The van der Waals surface area contributed by atoms with E-state index in [1.807, 2.05) is 0 Å². The monoisotopic (exact) mass is 270 g/mol. The van der Waals surface area contributed by atoms with E-state index < -0.39 is 23.6 Å². The Morgan fingerprint density at radius 2 is 2.16 bits per heavy atom. The van der Waals surface area contributed by atoms with E-state index in [9.17, 15) is 9.90 Å². The molecule has 0 aromatic carbocycles. The quantitative estimate of drug-likeness (QED) is 0.777. The van der Waals surface area contributed by atoms with Crippen molar-refractivity contribution in [3.05, 3.63) is 12.7 Å². The Bertz CT molecular complexity index is 378. The van der Waals surface area contributed by atoms with Crippen LogP contribution in [-0.4, -0.2) is 47.2 Å². The molecule has 108 valence electrons. The zero-order valence-electron chi connectivity index (χ0n) is 11.7. The molecule has 2 aliphatic rings. The number of hydrogen-bond donors (Lipinski definition) is 1. The van der Waals surface area contributed by atoms with Crippen molar-refractivity contribution in [2.24, 2.45) is 0 Å². The predicted octanol–water partition coefficient (Wildman–Crippen LogP) is 1.19. The third-order valence-electron chi connectivity index (χ3n) is 3.56. The molecule has 0 spiro atoms. The zero-order chi connectivity index (χ0) is 14.3. The van der Waals surface area contributed by atoms with E-state index in [0.29, 0.717) is 6.42 Å². The molecule has 2 rings (SSSR count). The largest absolute Gasteiger partial charge is 0.384 e. The molecule has 0 aromatic rings. The van der Waals surface area contributed by atoms with Gasteiger partial charge in [-0.3, -0.25) is 4.79 Å². The summed E-state index contributed by atoms with van der Waals surface area (Å²) >= 11 is 0. The first-order chi connectivity index (χ1) is 8.77. The molecule has 2 heterocycles. The molecule has 0 radical (unpaired) electrons. The molecule has 19 heavy (non-hydrogen) atoms. The molecule has 0 aliphatic carbocycles. The molecule has 2 fully saturated rings. The van der Waals surface area contributed by atoms with Gasteiger partial charge in [0.15, 0.2) is 5.79 Å². The molecule has 5 nitrogen and oxygen atoms in total. The van der Waals surface area contributed by atoms with Crippen molar-refractivity contribution in [2.75, 3.05) is 6.61 Å². The fourth-order valence-corrected chi connectivity index (χ4v) is 2.79. The van der Waals surface area contributed by atoms with Gasteiger partial charge in [0.25, 0.3) is 0 Å². The highest BCUT2D eigenvalue weighted by Gasteiger charge is 2.57. The first kappa shape index (κ1) is 14.7. The minimum atomic E-state index is -1.15. The van der Waals surface area contributed by atoms with Crippen LogP contribution in [0, 0.1) is 0 Å². The number of Topliss-reactive ketones (excluding diaryl/α,β-unsaturated/α-hetero) is 1. The van der Waals surface area contributed by atoms with Gasteiger partial charge in [0.05, 0.1) is 12.7 Å². The number of aliphatic hydroxyl groups is 1. The van der Waals surface area contributed by atoms with Crippen LogP contribution < -0.4 is 0 Å². The normalized spacial score (nSPS) is 40.7. The van der Waals surface area contributed by atoms with Crippen LogP contribution in [0.3, 0.4) is 0 Å². The average molecular weight is 270 g/mol. The Balaban J connectivity index is 2.22. The van der Waals surface area contributed by atoms with Crippen molar-refractivity contribution in [3.8, 4) is 0 Å². The van der Waals surface area contributed by atoms with Crippen LogP contribution in [0.15, 0.2) is 12.7 Å². The third-order valence-corrected chi connectivity index (χ3v) is 3.56. The van der Waals surface area contributed by atoms with Crippen LogP contribution in [-0.2, 0) is 19.0 Å². The molecule has 1 N–H and O–H groups in total. The lowest BCUT2D eigenvalue weighted by Crippen LogP contribution is -2.60. The summed E-state index contributed by atoms with van der Waals surface area (Å²) in [6.07, 6.45) is 0.969. The van der Waals surface area contributed by atoms with Gasteiger partial charge in [-0.2, -0.15) is 0 Å². The van der Waals surface area contributed by atoms with Gasteiger partial charge >= 0.3 is 0 Å². The van der Waals surface area contributed by atoms with E-state index in [4.69, 9.17) is 14.2 Å². The summed E-state index contributed by atoms with van der Waals surface area (Å²) in [6, 6.07) is 0. The second-order valence-corrected chi connectivity index (χ2v) is 5.87. The second kappa shape index (κ2) is 4.98. The van der Waals surface area contributed by atoms with E-state index in [1.165, 1.54) is 6.92 Å². The molecule has 0 amide bonds. The summed E-state index contributed by atoms with van der Waals surface area (Å²) in [7, 11) is 0. The molecule has 2 aliphatic heterocycles. The highest BCUT2D eigenvalue weighted by atomic mass is 16.8. The summed E-state index contributed by atoms with van der Waals surface area (Å²) in [5, 5.41) is 10.6. The molecule has 5 heteroatoms. The molecule has 0 bridgehead atoms. The maximum Gasteiger partial charge on any atom is 0.164 e. The van der Waals surface area contributed by atoms with Crippen LogP contribution >= 0.6 is 0 Å². The maximum atomic E-state index is 11.3. The number of rotatable bonds is 4. The first-order valence-corrected chi connectivity index (χ1v) is 6.57. The Morgan fingerprint density at radius 3 is 2.74 bits per heavy atom. The fourth-order valence-electron chi connectivity index (χ4n) is 2.79. The highest BCUT2D eigenvalue weighted by molar-refractivity contribution is 5.76. The van der Waals surface area contributed by atoms with Crippen LogP contribution in [0.25, 0.3) is 0 Å². The van der Waals surface area contributed by atoms with Crippen LogP contribution in [0.5, 0.6) is 0 Å². The lowest BCUT2D eigenvalue weighted by atomic mass is 9.84. The van der Waals surface area contributed by atoms with Crippen molar-refractivity contribution in [1.82, 2.24) is 0 Å². The molecular weight excluding hydrogens is 248 g/mol. The Labute approximate surface area is 113 Å². The summed E-state index contributed by atoms with van der Waals surface area (Å²) in [5.41, 5.74) is -1.15. The predicted molar refractivity (Wildman–Crippen MR) is 68.6 cm³/mol. The molecule has 0 unspecified atom stereocenters. The number of hydrogen-bond acceptors (Lipinski definition) is 5.